The molecule has 0 unspecified atom stereocenters. The van der Waals surface area contributed by atoms with Crippen LogP contribution in [0.4, 0.5) is 0 Å². The SMILES string of the molecule is CC(C)CCC[C@@H](C)[C@@H]1CC[C@@H]2[C@@H]3CC=C4C[C@@H](O)CC[C@]4(C)[C@@H]3CC[C@@]21C. The zero-order chi connectivity index (χ0) is 20.1. The van der Waals surface area contributed by atoms with E-state index in [1.807, 2.05) is 0 Å². The zero-order valence-electron chi connectivity index (χ0n) is 19.3. The Hall–Kier alpha value is -0.300. The lowest BCUT2D eigenvalue weighted by Gasteiger charge is -2.58. The highest BCUT2D eigenvalue weighted by molar-refractivity contribution is 5.25. The van der Waals surface area contributed by atoms with Gasteiger partial charge in [-0.3, -0.25) is 0 Å². The van der Waals surface area contributed by atoms with Gasteiger partial charge in [-0.05, 0) is 97.7 Å². The Labute approximate surface area is 174 Å². The zero-order valence-corrected chi connectivity index (χ0v) is 19.3. The molecule has 0 aromatic rings. The summed E-state index contributed by atoms with van der Waals surface area (Å²) in [6.45, 7) is 12.6. The molecule has 28 heavy (non-hydrogen) atoms. The maximum Gasteiger partial charge on any atom is 0.0577 e. The first-order chi connectivity index (χ1) is 13.3. The van der Waals surface area contributed by atoms with Crippen LogP contribution in [0.3, 0.4) is 0 Å². The van der Waals surface area contributed by atoms with E-state index in [1.165, 1.54) is 57.8 Å². The van der Waals surface area contributed by atoms with Gasteiger partial charge in [-0.2, -0.15) is 0 Å². The second kappa shape index (κ2) is 7.75. The summed E-state index contributed by atoms with van der Waals surface area (Å²) in [6.07, 6.45) is 17.2. The third-order valence-corrected chi connectivity index (χ3v) is 10.3. The quantitative estimate of drug-likeness (QED) is 0.488. The van der Waals surface area contributed by atoms with Crippen LogP contribution < -0.4 is 0 Å². The van der Waals surface area contributed by atoms with Crippen molar-refractivity contribution in [3.8, 4) is 0 Å². The van der Waals surface area contributed by atoms with Crippen LogP contribution in [0.5, 0.6) is 0 Å². The molecule has 4 aliphatic rings. The normalized spacial score (nSPS) is 46.5. The third-order valence-electron chi connectivity index (χ3n) is 10.3. The first kappa shape index (κ1) is 21.0. The number of allylic oxidation sites excluding steroid dienone is 1. The van der Waals surface area contributed by atoms with Gasteiger partial charge in [0.25, 0.3) is 0 Å². The van der Waals surface area contributed by atoms with Gasteiger partial charge in [-0.1, -0.05) is 65.5 Å². The van der Waals surface area contributed by atoms with E-state index in [9.17, 15) is 5.11 Å². The van der Waals surface area contributed by atoms with Gasteiger partial charge >= 0.3 is 0 Å². The molecule has 4 rings (SSSR count). The van der Waals surface area contributed by atoms with Crippen LogP contribution in [0.25, 0.3) is 0 Å². The van der Waals surface area contributed by atoms with Crippen molar-refractivity contribution >= 4 is 0 Å². The van der Waals surface area contributed by atoms with Crippen LogP contribution in [0.1, 0.15) is 105 Å². The largest absolute Gasteiger partial charge is 0.393 e. The minimum Gasteiger partial charge on any atom is -0.393 e. The van der Waals surface area contributed by atoms with Gasteiger partial charge in [0, 0.05) is 0 Å². The van der Waals surface area contributed by atoms with Crippen molar-refractivity contribution in [3.05, 3.63) is 11.6 Å². The summed E-state index contributed by atoms with van der Waals surface area (Å²) in [5.41, 5.74) is 2.60. The van der Waals surface area contributed by atoms with Crippen molar-refractivity contribution in [1.29, 1.82) is 0 Å². The third kappa shape index (κ3) is 3.42. The molecule has 160 valence electrons. The van der Waals surface area contributed by atoms with Gasteiger partial charge in [0.05, 0.1) is 6.10 Å². The van der Waals surface area contributed by atoms with Gasteiger partial charge in [-0.25, -0.2) is 0 Å². The topological polar surface area (TPSA) is 20.2 Å². The lowest BCUT2D eigenvalue weighted by Crippen LogP contribution is -2.50. The van der Waals surface area contributed by atoms with Crippen LogP contribution in [-0.2, 0) is 0 Å². The standard InChI is InChI=1S/C27H46O/c1-18(2)7-6-8-19(3)23-11-12-24-22-10-9-20-17-21(28)13-15-26(20,4)25(22)14-16-27(23,24)5/h9,18-19,21-25,28H,6-8,10-17H2,1-5H3/t19-,21+,22+,23+,24-,25-,26+,27-/m1/s1. The summed E-state index contributed by atoms with van der Waals surface area (Å²) in [7, 11) is 0. The van der Waals surface area contributed by atoms with E-state index in [0.717, 1.165) is 48.3 Å². The molecule has 0 aromatic carbocycles. The van der Waals surface area contributed by atoms with Crippen LogP contribution >= 0.6 is 0 Å². The molecular weight excluding hydrogens is 340 g/mol. The van der Waals surface area contributed by atoms with E-state index in [1.54, 1.807) is 5.57 Å². The average molecular weight is 387 g/mol. The van der Waals surface area contributed by atoms with E-state index >= 15 is 0 Å². The second-order valence-electron chi connectivity index (χ2n) is 12.2. The predicted molar refractivity (Wildman–Crippen MR) is 119 cm³/mol. The van der Waals surface area contributed by atoms with Gasteiger partial charge < -0.3 is 5.11 Å². The molecule has 0 bridgehead atoms. The van der Waals surface area contributed by atoms with Crippen molar-refractivity contribution < 1.29 is 5.11 Å². The maximum atomic E-state index is 10.2. The summed E-state index contributed by atoms with van der Waals surface area (Å²) in [5, 5.41) is 10.2. The summed E-state index contributed by atoms with van der Waals surface area (Å²) in [4.78, 5) is 0. The van der Waals surface area contributed by atoms with Gasteiger partial charge in [0.1, 0.15) is 0 Å². The molecule has 1 heteroatoms. The molecule has 1 N–H and O–H groups in total. The second-order valence-corrected chi connectivity index (χ2v) is 12.2. The van der Waals surface area contributed by atoms with Gasteiger partial charge in [-0.15, -0.1) is 0 Å². The van der Waals surface area contributed by atoms with Crippen LogP contribution in [0, 0.1) is 46.3 Å². The summed E-state index contributed by atoms with van der Waals surface area (Å²) in [6, 6.07) is 0. The molecule has 8 atom stereocenters. The molecule has 0 amide bonds. The summed E-state index contributed by atoms with van der Waals surface area (Å²) < 4.78 is 0. The number of aliphatic hydroxyl groups is 1. The molecule has 0 saturated heterocycles. The van der Waals surface area contributed by atoms with Gasteiger partial charge in [0.15, 0.2) is 0 Å². The summed E-state index contributed by atoms with van der Waals surface area (Å²) in [5.74, 6) is 5.46. The fraction of sp³-hybridized carbons (Fsp3) is 0.926. The van der Waals surface area contributed by atoms with Crippen LogP contribution in [0.15, 0.2) is 11.6 Å². The minimum atomic E-state index is -0.0766. The molecular formula is C27H46O. The van der Waals surface area contributed by atoms with E-state index in [-0.39, 0.29) is 6.10 Å². The van der Waals surface area contributed by atoms with Crippen LogP contribution in [-0.4, -0.2) is 11.2 Å². The molecule has 3 fully saturated rings. The fourth-order valence-electron chi connectivity index (χ4n) is 8.67. The van der Waals surface area contributed by atoms with E-state index in [2.05, 4.69) is 40.7 Å². The van der Waals surface area contributed by atoms with Gasteiger partial charge in [0.2, 0.25) is 0 Å². The predicted octanol–water partition coefficient (Wildman–Crippen LogP) is 7.39. The number of rotatable bonds is 5. The average Bonchev–Trinajstić information content (AvgIpc) is 2.99. The molecule has 0 aliphatic heterocycles. The maximum absolute atomic E-state index is 10.2. The summed E-state index contributed by atoms with van der Waals surface area (Å²) >= 11 is 0. The Morgan fingerprint density at radius 2 is 1.79 bits per heavy atom. The Morgan fingerprint density at radius 1 is 1.00 bits per heavy atom. The first-order valence-corrected chi connectivity index (χ1v) is 12.6. The van der Waals surface area contributed by atoms with Crippen molar-refractivity contribution in [2.75, 3.05) is 0 Å². The molecule has 4 aliphatic carbocycles. The van der Waals surface area contributed by atoms with E-state index in [4.69, 9.17) is 0 Å². The van der Waals surface area contributed by atoms with Crippen molar-refractivity contribution in [1.82, 2.24) is 0 Å². The highest BCUT2D eigenvalue weighted by Crippen LogP contribution is 2.67. The number of aliphatic hydroxyl groups excluding tert-OH is 1. The fourth-order valence-corrected chi connectivity index (χ4v) is 8.67. The number of hydrogen-bond donors (Lipinski definition) is 1. The highest BCUT2D eigenvalue weighted by atomic mass is 16.3. The van der Waals surface area contributed by atoms with E-state index in [0.29, 0.717) is 10.8 Å². The van der Waals surface area contributed by atoms with Crippen molar-refractivity contribution in [2.45, 2.75) is 111 Å². The number of fused-ring (bicyclic) bond motifs is 5. The Bertz CT molecular complexity index is 591. The molecule has 0 heterocycles. The molecule has 0 aromatic heterocycles. The molecule has 0 spiro atoms. The molecule has 0 radical (unpaired) electrons. The Balaban J connectivity index is 1.49. The monoisotopic (exact) mass is 386 g/mol. The molecule has 3 saturated carbocycles. The molecule has 1 nitrogen and oxygen atoms in total. The van der Waals surface area contributed by atoms with Crippen molar-refractivity contribution in [2.24, 2.45) is 46.3 Å². The van der Waals surface area contributed by atoms with Crippen LogP contribution in [0.2, 0.25) is 0 Å². The van der Waals surface area contributed by atoms with Crippen molar-refractivity contribution in [3.63, 3.8) is 0 Å². The Morgan fingerprint density at radius 3 is 2.54 bits per heavy atom. The minimum absolute atomic E-state index is 0.0766. The number of hydrogen-bond acceptors (Lipinski definition) is 1. The lowest BCUT2D eigenvalue weighted by molar-refractivity contribution is -0.0573. The smallest absolute Gasteiger partial charge is 0.0577 e. The first-order valence-electron chi connectivity index (χ1n) is 12.6. The highest BCUT2D eigenvalue weighted by Gasteiger charge is 2.59. The van der Waals surface area contributed by atoms with E-state index < -0.39 is 0 Å². The Kier molecular flexibility index (Phi) is 5.80. The lowest BCUT2D eigenvalue weighted by atomic mass is 9.47.